The van der Waals surface area contributed by atoms with Gasteiger partial charge in [0.1, 0.15) is 11.6 Å². The van der Waals surface area contributed by atoms with Gasteiger partial charge in [-0.1, -0.05) is 13.0 Å². The van der Waals surface area contributed by atoms with E-state index in [-0.39, 0.29) is 0 Å². The van der Waals surface area contributed by atoms with Crippen molar-refractivity contribution >= 4 is 0 Å². The second-order valence-electron chi connectivity index (χ2n) is 4.33. The summed E-state index contributed by atoms with van der Waals surface area (Å²) in [5, 5.41) is 3.18. The predicted octanol–water partition coefficient (Wildman–Crippen LogP) is 3.37. The summed E-state index contributed by atoms with van der Waals surface area (Å²) in [6.07, 6.45) is 1.68. The monoisotopic (exact) mass is 262 g/mol. The zero-order valence-electron chi connectivity index (χ0n) is 11.0. The summed E-state index contributed by atoms with van der Waals surface area (Å²) in [4.78, 5) is 4.20. The van der Waals surface area contributed by atoms with Crippen molar-refractivity contribution in [2.24, 2.45) is 0 Å². The maximum atomic E-state index is 13.9. The summed E-state index contributed by atoms with van der Waals surface area (Å²) >= 11 is 0. The Morgan fingerprint density at radius 3 is 2.68 bits per heavy atom. The molecule has 2 aromatic rings. The van der Waals surface area contributed by atoms with Gasteiger partial charge in [-0.05, 0) is 43.3 Å². The van der Waals surface area contributed by atoms with Gasteiger partial charge in [0, 0.05) is 17.5 Å². The minimum Gasteiger partial charge on any atom is -0.306 e. The number of hydrogen-bond donors (Lipinski definition) is 1. The summed E-state index contributed by atoms with van der Waals surface area (Å²) in [6.45, 7) is 4.43. The van der Waals surface area contributed by atoms with E-state index in [1.807, 2.05) is 19.9 Å². The molecule has 0 spiro atoms. The molecule has 1 aromatic carbocycles. The van der Waals surface area contributed by atoms with Gasteiger partial charge in [-0.25, -0.2) is 8.78 Å². The first kappa shape index (κ1) is 13.6. The number of pyridine rings is 1. The zero-order chi connectivity index (χ0) is 13.8. The highest BCUT2D eigenvalue weighted by Crippen LogP contribution is 2.26. The van der Waals surface area contributed by atoms with Gasteiger partial charge in [0.25, 0.3) is 0 Å². The Kier molecular flexibility index (Phi) is 4.22. The first-order valence-electron chi connectivity index (χ1n) is 6.23. The van der Waals surface area contributed by atoms with Gasteiger partial charge in [0.05, 0.1) is 6.04 Å². The number of rotatable bonds is 4. The van der Waals surface area contributed by atoms with E-state index in [4.69, 9.17) is 0 Å². The largest absolute Gasteiger partial charge is 0.306 e. The van der Waals surface area contributed by atoms with Gasteiger partial charge >= 0.3 is 0 Å². The molecule has 1 heterocycles. The molecule has 0 saturated heterocycles. The molecule has 2 nitrogen and oxygen atoms in total. The quantitative estimate of drug-likeness (QED) is 0.913. The maximum absolute atomic E-state index is 13.9. The third-order valence-corrected chi connectivity index (χ3v) is 3.04. The molecule has 0 amide bonds. The second kappa shape index (κ2) is 5.89. The molecule has 0 saturated carbocycles. The van der Waals surface area contributed by atoms with Crippen LogP contribution in [0.25, 0.3) is 0 Å². The van der Waals surface area contributed by atoms with Gasteiger partial charge in [0.15, 0.2) is 0 Å². The Labute approximate surface area is 111 Å². The van der Waals surface area contributed by atoms with Crippen LogP contribution < -0.4 is 5.32 Å². The maximum Gasteiger partial charge on any atom is 0.128 e. The standard InChI is InChI=1S/C15H16F2N2/c1-3-18-15(12-5-4-8-19-10(12)2)13-9-11(16)6-7-14(13)17/h4-9,15,18H,3H2,1-2H3. The van der Waals surface area contributed by atoms with E-state index >= 15 is 0 Å². The Hall–Kier alpha value is -1.81. The average Bonchev–Trinajstić information content (AvgIpc) is 2.40. The smallest absolute Gasteiger partial charge is 0.128 e. The van der Waals surface area contributed by atoms with E-state index in [2.05, 4.69) is 10.3 Å². The van der Waals surface area contributed by atoms with E-state index in [1.54, 1.807) is 12.3 Å². The van der Waals surface area contributed by atoms with Gasteiger partial charge in [-0.2, -0.15) is 0 Å². The molecule has 0 aliphatic rings. The minimum atomic E-state index is -0.444. The van der Waals surface area contributed by atoms with E-state index in [1.165, 1.54) is 6.07 Å². The number of halogens is 2. The fourth-order valence-corrected chi connectivity index (χ4v) is 2.13. The zero-order valence-corrected chi connectivity index (χ0v) is 11.0. The Balaban J connectivity index is 2.51. The van der Waals surface area contributed by atoms with Crippen molar-refractivity contribution in [2.75, 3.05) is 6.54 Å². The molecule has 100 valence electrons. The normalized spacial score (nSPS) is 12.4. The second-order valence-corrected chi connectivity index (χ2v) is 4.33. The summed E-state index contributed by atoms with van der Waals surface area (Å²) in [5.74, 6) is -0.864. The molecule has 1 atom stereocenters. The van der Waals surface area contributed by atoms with Crippen LogP contribution in [-0.4, -0.2) is 11.5 Å². The van der Waals surface area contributed by atoms with Crippen LogP contribution in [0.5, 0.6) is 0 Å². The highest BCUT2D eigenvalue weighted by molar-refractivity contribution is 5.34. The molecule has 1 aromatic heterocycles. The lowest BCUT2D eigenvalue weighted by atomic mass is 9.97. The van der Waals surface area contributed by atoms with Crippen molar-refractivity contribution in [3.63, 3.8) is 0 Å². The Morgan fingerprint density at radius 2 is 2.00 bits per heavy atom. The fourth-order valence-electron chi connectivity index (χ4n) is 2.13. The first-order valence-corrected chi connectivity index (χ1v) is 6.23. The van der Waals surface area contributed by atoms with Gasteiger partial charge in [0.2, 0.25) is 0 Å². The molecule has 19 heavy (non-hydrogen) atoms. The molecule has 0 bridgehead atoms. The third-order valence-electron chi connectivity index (χ3n) is 3.04. The molecule has 0 fully saturated rings. The summed E-state index contributed by atoms with van der Waals surface area (Å²) in [7, 11) is 0. The van der Waals surface area contributed by atoms with E-state index in [0.717, 1.165) is 23.4 Å². The van der Waals surface area contributed by atoms with Crippen molar-refractivity contribution in [1.29, 1.82) is 0 Å². The summed E-state index contributed by atoms with van der Waals surface area (Å²) in [6, 6.07) is 6.78. The average molecular weight is 262 g/mol. The lowest BCUT2D eigenvalue weighted by molar-refractivity contribution is 0.543. The van der Waals surface area contributed by atoms with E-state index < -0.39 is 17.7 Å². The molecule has 0 radical (unpaired) electrons. The Bertz CT molecular complexity index is 570. The van der Waals surface area contributed by atoms with Crippen LogP contribution in [-0.2, 0) is 0 Å². The third kappa shape index (κ3) is 2.96. The molecule has 4 heteroatoms. The van der Waals surface area contributed by atoms with Crippen LogP contribution >= 0.6 is 0 Å². The lowest BCUT2D eigenvalue weighted by Crippen LogP contribution is -2.24. The number of benzene rings is 1. The highest BCUT2D eigenvalue weighted by Gasteiger charge is 2.19. The van der Waals surface area contributed by atoms with Crippen molar-refractivity contribution in [3.05, 3.63) is 65.0 Å². The van der Waals surface area contributed by atoms with Crippen molar-refractivity contribution < 1.29 is 8.78 Å². The van der Waals surface area contributed by atoms with Crippen LogP contribution in [0.15, 0.2) is 36.5 Å². The topological polar surface area (TPSA) is 24.9 Å². The number of hydrogen-bond acceptors (Lipinski definition) is 2. The molecule has 1 N–H and O–H groups in total. The van der Waals surface area contributed by atoms with Crippen LogP contribution in [0.1, 0.15) is 29.8 Å². The van der Waals surface area contributed by atoms with Crippen LogP contribution in [0.4, 0.5) is 8.78 Å². The van der Waals surface area contributed by atoms with Crippen molar-refractivity contribution in [2.45, 2.75) is 19.9 Å². The predicted molar refractivity (Wildman–Crippen MR) is 70.9 cm³/mol. The molecule has 0 aliphatic carbocycles. The summed E-state index contributed by atoms with van der Waals surface area (Å²) in [5.41, 5.74) is 1.96. The van der Waals surface area contributed by atoms with E-state index in [9.17, 15) is 8.78 Å². The Morgan fingerprint density at radius 1 is 1.21 bits per heavy atom. The van der Waals surface area contributed by atoms with Crippen LogP contribution in [0.2, 0.25) is 0 Å². The first-order chi connectivity index (χ1) is 9.13. The molecule has 0 aliphatic heterocycles. The minimum absolute atomic E-state index is 0.304. The molecule has 1 unspecified atom stereocenters. The number of aryl methyl sites for hydroxylation is 1. The highest BCUT2D eigenvalue weighted by atomic mass is 19.1. The fraction of sp³-hybridized carbons (Fsp3) is 0.267. The number of nitrogens with one attached hydrogen (secondary N) is 1. The number of aromatic nitrogens is 1. The van der Waals surface area contributed by atoms with E-state index in [0.29, 0.717) is 12.1 Å². The van der Waals surface area contributed by atoms with Gasteiger partial charge < -0.3 is 5.32 Å². The van der Waals surface area contributed by atoms with Gasteiger partial charge in [-0.15, -0.1) is 0 Å². The van der Waals surface area contributed by atoms with Crippen LogP contribution in [0.3, 0.4) is 0 Å². The number of nitrogens with zero attached hydrogens (tertiary/aromatic N) is 1. The molecular weight excluding hydrogens is 246 g/mol. The SMILES string of the molecule is CCNC(c1cc(F)ccc1F)c1cccnc1C. The summed E-state index contributed by atoms with van der Waals surface area (Å²) < 4.78 is 27.3. The van der Waals surface area contributed by atoms with Crippen molar-refractivity contribution in [1.82, 2.24) is 10.3 Å². The van der Waals surface area contributed by atoms with Crippen molar-refractivity contribution in [3.8, 4) is 0 Å². The molecule has 2 rings (SSSR count). The van der Waals surface area contributed by atoms with Crippen LogP contribution in [0, 0.1) is 18.6 Å². The van der Waals surface area contributed by atoms with Gasteiger partial charge in [-0.3, -0.25) is 4.98 Å². The lowest BCUT2D eigenvalue weighted by Gasteiger charge is -2.20. The molecular formula is C15H16F2N2.